The molecule has 0 amide bonds. The molecule has 1 aliphatic heterocycles. The molecule has 1 aromatic carbocycles. The molecule has 0 radical (unpaired) electrons. The summed E-state index contributed by atoms with van der Waals surface area (Å²) in [5, 5.41) is 11.0. The molecule has 0 bridgehead atoms. The predicted molar refractivity (Wildman–Crippen MR) is 129 cm³/mol. The van der Waals surface area contributed by atoms with Crippen LogP contribution < -0.4 is 10.9 Å². The van der Waals surface area contributed by atoms with Crippen LogP contribution in [0.25, 0.3) is 26.6 Å². The molecule has 1 atom stereocenters. The number of nitrogens with one attached hydrogen (secondary N) is 1. The van der Waals surface area contributed by atoms with Gasteiger partial charge in [-0.3, -0.25) is 9.69 Å². The number of ether oxygens (including phenoxy) is 1. The maximum absolute atomic E-state index is 13.6. The highest BCUT2D eigenvalue weighted by atomic mass is 32.1. The van der Waals surface area contributed by atoms with Crippen LogP contribution in [0.15, 0.2) is 29.1 Å². The summed E-state index contributed by atoms with van der Waals surface area (Å²) < 4.78 is 6.96. The van der Waals surface area contributed by atoms with Crippen LogP contribution in [-0.2, 0) is 17.6 Å². The number of rotatable bonds is 4. The smallest absolute Gasteiger partial charge is 0.283 e. The molecule has 166 valence electrons. The quantitative estimate of drug-likeness (QED) is 0.482. The van der Waals surface area contributed by atoms with E-state index in [0.29, 0.717) is 11.6 Å². The van der Waals surface area contributed by atoms with Gasteiger partial charge in [-0.05, 0) is 30.7 Å². The highest BCUT2D eigenvalue weighted by molar-refractivity contribution is 7.18. The minimum absolute atomic E-state index is 0.0426. The van der Waals surface area contributed by atoms with Gasteiger partial charge < -0.3 is 10.1 Å². The predicted octanol–water partition coefficient (Wildman–Crippen LogP) is 3.33. The number of morpholine rings is 1. The lowest BCUT2D eigenvalue weighted by Crippen LogP contribution is -2.39. The molecular formula is C24H27N5O2S. The molecular weight excluding hydrogens is 422 g/mol. The molecule has 3 aromatic heterocycles. The maximum atomic E-state index is 13.6. The van der Waals surface area contributed by atoms with Crippen molar-refractivity contribution in [3.05, 3.63) is 45.1 Å². The minimum atomic E-state index is -0.0426. The van der Waals surface area contributed by atoms with Crippen LogP contribution in [0.2, 0.25) is 0 Å². The van der Waals surface area contributed by atoms with Crippen LogP contribution in [0.3, 0.4) is 0 Å². The van der Waals surface area contributed by atoms with E-state index < -0.39 is 0 Å². The number of aryl methyl sites for hydroxylation is 1. The summed E-state index contributed by atoms with van der Waals surface area (Å²) in [5.74, 6) is 1.40. The molecule has 0 unspecified atom stereocenters. The van der Waals surface area contributed by atoms with Crippen LogP contribution >= 0.6 is 11.3 Å². The van der Waals surface area contributed by atoms with Crippen molar-refractivity contribution in [1.82, 2.24) is 19.5 Å². The Bertz CT molecular complexity index is 1370. The van der Waals surface area contributed by atoms with Gasteiger partial charge in [0.25, 0.3) is 5.56 Å². The zero-order valence-corrected chi connectivity index (χ0v) is 19.1. The second-order valence-electron chi connectivity index (χ2n) is 8.96. The summed E-state index contributed by atoms with van der Waals surface area (Å²) in [4.78, 5) is 23.2. The van der Waals surface area contributed by atoms with E-state index in [1.54, 1.807) is 11.3 Å². The van der Waals surface area contributed by atoms with Crippen molar-refractivity contribution in [3.8, 4) is 0 Å². The number of benzene rings is 1. The first-order valence-corrected chi connectivity index (χ1v) is 12.3. The Balaban J connectivity index is 1.45. The van der Waals surface area contributed by atoms with E-state index >= 15 is 0 Å². The van der Waals surface area contributed by atoms with Gasteiger partial charge in [0, 0.05) is 41.8 Å². The van der Waals surface area contributed by atoms with Gasteiger partial charge in [-0.15, -0.1) is 16.4 Å². The first-order chi connectivity index (χ1) is 15.7. The average molecular weight is 450 g/mol. The molecule has 4 aromatic rings. The lowest BCUT2D eigenvalue weighted by Gasteiger charge is -2.26. The fourth-order valence-electron chi connectivity index (χ4n) is 4.97. The molecule has 1 fully saturated rings. The van der Waals surface area contributed by atoms with E-state index in [-0.39, 0.29) is 5.56 Å². The van der Waals surface area contributed by atoms with E-state index in [0.717, 1.165) is 85.5 Å². The zero-order chi connectivity index (χ0) is 21.7. The van der Waals surface area contributed by atoms with Crippen molar-refractivity contribution < 1.29 is 4.74 Å². The van der Waals surface area contributed by atoms with Crippen LogP contribution in [0.4, 0.5) is 5.82 Å². The number of thiophene rings is 1. The normalized spacial score (nSPS) is 19.6. The van der Waals surface area contributed by atoms with Crippen LogP contribution in [-0.4, -0.2) is 58.9 Å². The Labute approximate surface area is 190 Å². The van der Waals surface area contributed by atoms with E-state index in [9.17, 15) is 4.79 Å². The molecule has 7 nitrogen and oxygen atoms in total. The van der Waals surface area contributed by atoms with Gasteiger partial charge in [0.1, 0.15) is 4.83 Å². The third kappa shape index (κ3) is 3.37. The summed E-state index contributed by atoms with van der Waals surface area (Å²) >= 11 is 1.69. The topological polar surface area (TPSA) is 71.8 Å². The van der Waals surface area contributed by atoms with Gasteiger partial charge in [0.05, 0.1) is 18.6 Å². The van der Waals surface area contributed by atoms with Gasteiger partial charge in [-0.25, -0.2) is 4.98 Å². The molecule has 1 N–H and O–H groups in total. The molecule has 8 heteroatoms. The SMILES string of the molecule is C[C@H]1CCc2c(sc3nc4c5ccccc5c(NCCN5CCOCC5)nn4c(=O)c23)C1. The van der Waals surface area contributed by atoms with Crippen molar-refractivity contribution in [2.45, 2.75) is 26.2 Å². The third-order valence-corrected chi connectivity index (χ3v) is 7.90. The molecule has 32 heavy (non-hydrogen) atoms. The number of fused-ring (bicyclic) bond motifs is 6. The Morgan fingerprint density at radius 2 is 2.03 bits per heavy atom. The standard InChI is InChI=1S/C24H27N5O2S/c1-15-6-7-18-19(14-15)32-23-20(18)24(30)29-22(26-23)17-5-3-2-4-16(17)21(27-29)25-8-9-28-10-12-31-13-11-28/h2-5,15H,6-14H2,1H3,(H,25,27)/t15-/m0/s1. The minimum Gasteiger partial charge on any atom is -0.379 e. The first kappa shape index (κ1) is 20.1. The summed E-state index contributed by atoms with van der Waals surface area (Å²) in [6.45, 7) is 7.45. The third-order valence-electron chi connectivity index (χ3n) is 6.75. The molecule has 1 aliphatic carbocycles. The zero-order valence-electron chi connectivity index (χ0n) is 18.3. The van der Waals surface area contributed by atoms with Crippen LogP contribution in [0, 0.1) is 5.92 Å². The number of aromatic nitrogens is 3. The largest absolute Gasteiger partial charge is 0.379 e. The molecule has 1 saturated heterocycles. The van der Waals surface area contributed by atoms with E-state index in [1.807, 2.05) is 18.2 Å². The molecule has 2 aliphatic rings. The summed E-state index contributed by atoms with van der Waals surface area (Å²) in [5.41, 5.74) is 1.80. The summed E-state index contributed by atoms with van der Waals surface area (Å²) in [6, 6.07) is 8.09. The van der Waals surface area contributed by atoms with Crippen molar-refractivity contribution in [1.29, 1.82) is 0 Å². The summed E-state index contributed by atoms with van der Waals surface area (Å²) in [6.07, 6.45) is 3.12. The highest BCUT2D eigenvalue weighted by Crippen LogP contribution is 2.36. The van der Waals surface area contributed by atoms with Crippen molar-refractivity contribution >= 4 is 43.8 Å². The molecule has 6 rings (SSSR count). The van der Waals surface area contributed by atoms with Crippen LogP contribution in [0.1, 0.15) is 23.8 Å². The Morgan fingerprint density at radius 1 is 1.22 bits per heavy atom. The molecule has 4 heterocycles. The second-order valence-corrected chi connectivity index (χ2v) is 10.0. The molecule has 0 saturated carbocycles. The van der Waals surface area contributed by atoms with Crippen molar-refractivity contribution in [3.63, 3.8) is 0 Å². The Morgan fingerprint density at radius 3 is 2.88 bits per heavy atom. The highest BCUT2D eigenvalue weighted by Gasteiger charge is 2.24. The Kier molecular flexibility index (Phi) is 5.08. The lowest BCUT2D eigenvalue weighted by atomic mass is 9.89. The maximum Gasteiger partial charge on any atom is 0.283 e. The summed E-state index contributed by atoms with van der Waals surface area (Å²) in [7, 11) is 0. The fraction of sp³-hybridized carbons (Fsp3) is 0.458. The number of nitrogens with zero attached hydrogens (tertiary/aromatic N) is 4. The van der Waals surface area contributed by atoms with Gasteiger partial charge in [0.2, 0.25) is 0 Å². The van der Waals surface area contributed by atoms with Gasteiger partial charge in [-0.1, -0.05) is 31.2 Å². The first-order valence-electron chi connectivity index (χ1n) is 11.5. The van der Waals surface area contributed by atoms with Crippen molar-refractivity contribution in [2.75, 3.05) is 44.7 Å². The Hall–Kier alpha value is -2.55. The second kappa shape index (κ2) is 8.10. The number of hydrogen-bond acceptors (Lipinski definition) is 7. The van der Waals surface area contributed by atoms with Crippen molar-refractivity contribution in [2.24, 2.45) is 5.92 Å². The monoisotopic (exact) mass is 449 g/mol. The van der Waals surface area contributed by atoms with Crippen LogP contribution in [0.5, 0.6) is 0 Å². The molecule has 0 spiro atoms. The van der Waals surface area contributed by atoms with E-state index in [2.05, 4.69) is 23.2 Å². The lowest BCUT2D eigenvalue weighted by molar-refractivity contribution is 0.0398. The average Bonchev–Trinajstić information content (AvgIpc) is 3.18. The van der Waals surface area contributed by atoms with Gasteiger partial charge in [0.15, 0.2) is 11.5 Å². The van der Waals surface area contributed by atoms with Gasteiger partial charge in [-0.2, -0.15) is 4.52 Å². The number of hydrogen-bond donors (Lipinski definition) is 1. The van der Waals surface area contributed by atoms with E-state index in [1.165, 1.54) is 15.0 Å². The fourth-order valence-corrected chi connectivity index (χ4v) is 6.35. The number of anilines is 1. The van der Waals surface area contributed by atoms with E-state index in [4.69, 9.17) is 14.8 Å². The van der Waals surface area contributed by atoms with Gasteiger partial charge >= 0.3 is 0 Å².